The molecule has 0 bridgehead atoms. The SMILES string of the molecule is CCC(CC)C(C)NCc1ccc(C(=O)O)cc1Br. The normalized spacial score (nSPS) is 12.7. The third-order valence-corrected chi connectivity index (χ3v) is 4.41. The van der Waals surface area contributed by atoms with Gasteiger partial charge in [0.15, 0.2) is 0 Å². The van der Waals surface area contributed by atoms with Gasteiger partial charge in [-0.2, -0.15) is 0 Å². The molecular formula is C15H22BrNO2. The maximum absolute atomic E-state index is 10.9. The molecule has 0 aliphatic carbocycles. The van der Waals surface area contributed by atoms with E-state index in [4.69, 9.17) is 5.11 Å². The van der Waals surface area contributed by atoms with E-state index in [1.165, 1.54) is 12.8 Å². The Kier molecular flexibility index (Phi) is 6.52. The summed E-state index contributed by atoms with van der Waals surface area (Å²) in [4.78, 5) is 10.9. The Morgan fingerprint density at radius 1 is 1.37 bits per heavy atom. The Hall–Kier alpha value is -0.870. The number of halogens is 1. The van der Waals surface area contributed by atoms with Gasteiger partial charge in [-0.1, -0.05) is 48.7 Å². The lowest BCUT2D eigenvalue weighted by Crippen LogP contribution is -2.32. The first-order chi connectivity index (χ1) is 8.99. The molecule has 2 N–H and O–H groups in total. The van der Waals surface area contributed by atoms with Crippen molar-refractivity contribution < 1.29 is 9.90 Å². The van der Waals surface area contributed by atoms with Crippen molar-refractivity contribution in [2.24, 2.45) is 5.92 Å². The molecule has 0 heterocycles. The molecule has 1 unspecified atom stereocenters. The molecule has 1 aromatic carbocycles. The van der Waals surface area contributed by atoms with Gasteiger partial charge in [0.1, 0.15) is 0 Å². The Balaban J connectivity index is 2.65. The van der Waals surface area contributed by atoms with Crippen LogP contribution in [0, 0.1) is 5.92 Å². The average Bonchev–Trinajstić information content (AvgIpc) is 2.38. The van der Waals surface area contributed by atoms with Crippen LogP contribution in [-0.2, 0) is 6.54 Å². The molecule has 0 radical (unpaired) electrons. The van der Waals surface area contributed by atoms with Crippen LogP contribution in [0.4, 0.5) is 0 Å². The highest BCUT2D eigenvalue weighted by molar-refractivity contribution is 9.10. The molecule has 1 atom stereocenters. The van der Waals surface area contributed by atoms with E-state index >= 15 is 0 Å². The molecule has 0 aliphatic heterocycles. The van der Waals surface area contributed by atoms with Crippen molar-refractivity contribution in [3.8, 4) is 0 Å². The van der Waals surface area contributed by atoms with E-state index in [2.05, 4.69) is 42.0 Å². The molecule has 0 saturated carbocycles. The Morgan fingerprint density at radius 3 is 2.47 bits per heavy atom. The zero-order valence-electron chi connectivity index (χ0n) is 11.7. The minimum Gasteiger partial charge on any atom is -0.478 e. The zero-order chi connectivity index (χ0) is 14.4. The summed E-state index contributed by atoms with van der Waals surface area (Å²) < 4.78 is 0.844. The van der Waals surface area contributed by atoms with Crippen molar-refractivity contribution in [1.29, 1.82) is 0 Å². The fourth-order valence-corrected chi connectivity index (χ4v) is 2.78. The second-order valence-corrected chi connectivity index (χ2v) is 5.71. The third kappa shape index (κ3) is 4.62. The molecule has 0 amide bonds. The van der Waals surface area contributed by atoms with Gasteiger partial charge in [-0.25, -0.2) is 4.79 Å². The maximum Gasteiger partial charge on any atom is 0.335 e. The van der Waals surface area contributed by atoms with Crippen LogP contribution in [0.3, 0.4) is 0 Å². The van der Waals surface area contributed by atoms with Crippen molar-refractivity contribution in [2.75, 3.05) is 0 Å². The van der Waals surface area contributed by atoms with Gasteiger partial charge in [0, 0.05) is 17.1 Å². The van der Waals surface area contributed by atoms with Crippen LogP contribution in [0.2, 0.25) is 0 Å². The zero-order valence-corrected chi connectivity index (χ0v) is 13.3. The third-order valence-electron chi connectivity index (χ3n) is 3.67. The Morgan fingerprint density at radius 2 is 2.00 bits per heavy atom. The van der Waals surface area contributed by atoms with Gasteiger partial charge < -0.3 is 10.4 Å². The summed E-state index contributed by atoms with van der Waals surface area (Å²) in [7, 11) is 0. The molecule has 0 aromatic heterocycles. The van der Waals surface area contributed by atoms with Crippen molar-refractivity contribution >= 4 is 21.9 Å². The van der Waals surface area contributed by atoms with Gasteiger partial charge in [-0.15, -0.1) is 0 Å². The molecule has 1 rings (SSSR count). The largest absolute Gasteiger partial charge is 0.478 e. The van der Waals surface area contributed by atoms with E-state index < -0.39 is 5.97 Å². The second-order valence-electron chi connectivity index (χ2n) is 4.86. The topological polar surface area (TPSA) is 49.3 Å². The summed E-state index contributed by atoms with van der Waals surface area (Å²) in [5.74, 6) is -0.220. The lowest BCUT2D eigenvalue weighted by atomic mass is 9.95. The maximum atomic E-state index is 10.9. The van der Waals surface area contributed by atoms with Gasteiger partial charge in [0.25, 0.3) is 0 Å². The average molecular weight is 328 g/mol. The fraction of sp³-hybridized carbons (Fsp3) is 0.533. The number of carboxylic acids is 1. The standard InChI is InChI=1S/C15H22BrNO2/c1-4-11(5-2)10(3)17-9-13-7-6-12(15(18)19)8-14(13)16/h6-8,10-11,17H,4-5,9H2,1-3H3,(H,18,19). The fourth-order valence-electron chi connectivity index (χ4n) is 2.26. The number of aromatic carboxylic acids is 1. The van der Waals surface area contributed by atoms with Crippen molar-refractivity contribution in [1.82, 2.24) is 5.32 Å². The minimum atomic E-state index is -0.898. The van der Waals surface area contributed by atoms with Crippen molar-refractivity contribution in [3.05, 3.63) is 33.8 Å². The summed E-state index contributed by atoms with van der Waals surface area (Å²) >= 11 is 3.43. The van der Waals surface area contributed by atoms with Crippen LogP contribution in [0.1, 0.15) is 49.5 Å². The van der Waals surface area contributed by atoms with Crippen LogP contribution in [0.15, 0.2) is 22.7 Å². The van der Waals surface area contributed by atoms with E-state index in [-0.39, 0.29) is 0 Å². The highest BCUT2D eigenvalue weighted by Crippen LogP contribution is 2.20. The van der Waals surface area contributed by atoms with E-state index in [1.54, 1.807) is 12.1 Å². The molecule has 0 fully saturated rings. The quantitative estimate of drug-likeness (QED) is 0.793. The molecule has 106 valence electrons. The Labute approximate surface area is 123 Å². The van der Waals surface area contributed by atoms with Gasteiger partial charge in [0.2, 0.25) is 0 Å². The second kappa shape index (κ2) is 7.65. The van der Waals surface area contributed by atoms with Crippen molar-refractivity contribution in [3.63, 3.8) is 0 Å². The summed E-state index contributed by atoms with van der Waals surface area (Å²) in [5.41, 5.74) is 1.39. The molecule has 4 heteroatoms. The number of carbonyl (C=O) groups is 1. The van der Waals surface area contributed by atoms with Crippen LogP contribution in [-0.4, -0.2) is 17.1 Å². The number of hydrogen-bond acceptors (Lipinski definition) is 2. The van der Waals surface area contributed by atoms with Gasteiger partial charge in [-0.05, 0) is 30.5 Å². The summed E-state index contributed by atoms with van der Waals surface area (Å²) in [6.45, 7) is 7.38. The number of benzene rings is 1. The summed E-state index contributed by atoms with van der Waals surface area (Å²) in [6.07, 6.45) is 2.34. The lowest BCUT2D eigenvalue weighted by molar-refractivity contribution is 0.0697. The Bertz CT molecular complexity index is 430. The molecule has 0 saturated heterocycles. The van der Waals surface area contributed by atoms with Crippen LogP contribution in [0.5, 0.6) is 0 Å². The number of carboxylic acid groups (broad SMARTS) is 1. The first-order valence-corrected chi connectivity index (χ1v) is 7.53. The number of nitrogens with one attached hydrogen (secondary N) is 1. The van der Waals surface area contributed by atoms with E-state index in [0.717, 1.165) is 16.6 Å². The molecule has 1 aromatic rings. The molecule has 3 nitrogen and oxygen atoms in total. The minimum absolute atomic E-state index is 0.309. The van der Waals surface area contributed by atoms with Gasteiger partial charge in [0.05, 0.1) is 5.56 Å². The predicted octanol–water partition coefficient (Wildman–Crippen LogP) is 4.06. The molecular weight excluding hydrogens is 306 g/mol. The first kappa shape index (κ1) is 16.2. The first-order valence-electron chi connectivity index (χ1n) is 6.74. The van der Waals surface area contributed by atoms with Crippen molar-refractivity contribution in [2.45, 2.75) is 46.2 Å². The number of rotatable bonds is 7. The van der Waals surface area contributed by atoms with Gasteiger partial charge in [-0.3, -0.25) is 0 Å². The molecule has 19 heavy (non-hydrogen) atoms. The highest BCUT2D eigenvalue weighted by Gasteiger charge is 2.13. The summed E-state index contributed by atoms with van der Waals surface area (Å²) in [5, 5.41) is 12.4. The predicted molar refractivity (Wildman–Crippen MR) is 81.5 cm³/mol. The van der Waals surface area contributed by atoms with E-state index in [9.17, 15) is 4.79 Å². The highest BCUT2D eigenvalue weighted by atomic mass is 79.9. The van der Waals surface area contributed by atoms with Crippen LogP contribution < -0.4 is 5.32 Å². The van der Waals surface area contributed by atoms with E-state index in [1.807, 2.05) is 6.07 Å². The van der Waals surface area contributed by atoms with Crippen LogP contribution in [0.25, 0.3) is 0 Å². The molecule has 0 spiro atoms. The van der Waals surface area contributed by atoms with Crippen LogP contribution >= 0.6 is 15.9 Å². The number of hydrogen-bond donors (Lipinski definition) is 2. The molecule has 0 aliphatic rings. The smallest absolute Gasteiger partial charge is 0.335 e. The summed E-state index contributed by atoms with van der Waals surface area (Å²) in [6, 6.07) is 5.62. The lowest BCUT2D eigenvalue weighted by Gasteiger charge is -2.23. The monoisotopic (exact) mass is 327 g/mol. The van der Waals surface area contributed by atoms with Gasteiger partial charge >= 0.3 is 5.97 Å². The van der Waals surface area contributed by atoms with E-state index in [0.29, 0.717) is 17.5 Å².